The molecule has 0 radical (unpaired) electrons. The molecule has 3 fully saturated rings. The van der Waals surface area contributed by atoms with E-state index < -0.39 is 59.4 Å². The highest BCUT2D eigenvalue weighted by atomic mass is 19.4. The molecule has 0 amide bonds. The lowest BCUT2D eigenvalue weighted by molar-refractivity contribution is -0.185. The van der Waals surface area contributed by atoms with E-state index in [0.717, 1.165) is 25.0 Å². The van der Waals surface area contributed by atoms with Gasteiger partial charge in [-0.2, -0.15) is 26.3 Å². The highest BCUT2D eigenvalue weighted by molar-refractivity contribution is 5.89. The molecule has 1 saturated carbocycles. The van der Waals surface area contributed by atoms with Gasteiger partial charge in [-0.3, -0.25) is 9.69 Å². The van der Waals surface area contributed by atoms with Gasteiger partial charge in [0.05, 0.1) is 17.9 Å². The molecule has 1 N–H and O–H groups in total. The van der Waals surface area contributed by atoms with Crippen molar-refractivity contribution in [1.82, 2.24) is 4.90 Å². The number of hydrogen-bond acceptors (Lipinski definition) is 3. The van der Waals surface area contributed by atoms with Crippen LogP contribution in [-0.2, 0) is 11.0 Å². The van der Waals surface area contributed by atoms with Gasteiger partial charge in [0.25, 0.3) is 0 Å². The van der Waals surface area contributed by atoms with E-state index in [1.165, 1.54) is 12.1 Å². The molecule has 0 aromatic heterocycles. The lowest BCUT2D eigenvalue weighted by Crippen LogP contribution is -2.46. The van der Waals surface area contributed by atoms with Crippen LogP contribution in [0, 0.1) is 17.7 Å². The van der Waals surface area contributed by atoms with Crippen LogP contribution in [0.15, 0.2) is 24.3 Å². The lowest BCUT2D eigenvalue weighted by Gasteiger charge is -2.41. The van der Waals surface area contributed by atoms with Crippen molar-refractivity contribution in [3.8, 4) is 5.75 Å². The van der Waals surface area contributed by atoms with Crippen molar-refractivity contribution < 1.29 is 45.4 Å². The van der Waals surface area contributed by atoms with Crippen molar-refractivity contribution in [2.24, 2.45) is 11.8 Å². The van der Waals surface area contributed by atoms with Crippen LogP contribution in [0.2, 0.25) is 0 Å². The number of aliphatic carboxylic acids is 1. The zero-order chi connectivity index (χ0) is 28.3. The van der Waals surface area contributed by atoms with Crippen LogP contribution in [0.4, 0.5) is 30.7 Å². The molecule has 3 atom stereocenters. The Hall–Kier alpha value is -2.56. The van der Waals surface area contributed by atoms with Crippen molar-refractivity contribution in [1.29, 1.82) is 0 Å². The van der Waals surface area contributed by atoms with Crippen LogP contribution in [-0.4, -0.2) is 40.3 Å². The average Bonchev–Trinajstić information content (AvgIpc) is 3.10. The average molecular weight is 562 g/mol. The van der Waals surface area contributed by atoms with Gasteiger partial charge < -0.3 is 9.84 Å². The molecular weight excluding hydrogens is 531 g/mol. The number of alkyl halides is 6. The van der Waals surface area contributed by atoms with E-state index in [1.807, 2.05) is 4.90 Å². The number of carboxylic acids is 1. The predicted molar refractivity (Wildman–Crippen MR) is 129 cm³/mol. The summed E-state index contributed by atoms with van der Waals surface area (Å²) in [6, 6.07) is 3.94. The molecule has 3 aliphatic rings. The number of fused-ring (bicyclic) bond motifs is 3. The quantitative estimate of drug-likeness (QED) is 0.377. The van der Waals surface area contributed by atoms with Crippen molar-refractivity contribution in [3.05, 3.63) is 41.2 Å². The lowest BCUT2D eigenvalue weighted by atomic mass is 9.87. The standard InChI is InChI=1S/C28H30F7NO3/c1-14(36-18-5-6-19(36)11-16(10-18)26(37)38)21-13-22-15(12-23(21)29)2-9-24(25(22)28(33,34)35)39-20-7-3-17(4-8-20)27(30,31)32/h2,9,12-14,16-20H,3-8,10-11H2,1H3,(H,37,38)/t14?,16?,17-,18?,19?,20+. The summed E-state index contributed by atoms with van der Waals surface area (Å²) in [5, 5.41) is 9.26. The van der Waals surface area contributed by atoms with E-state index in [2.05, 4.69) is 0 Å². The number of halogens is 7. The van der Waals surface area contributed by atoms with E-state index in [4.69, 9.17) is 4.74 Å². The first kappa shape index (κ1) is 28.0. The number of hydrogen-bond donors (Lipinski definition) is 1. The van der Waals surface area contributed by atoms with Crippen LogP contribution in [0.25, 0.3) is 10.8 Å². The summed E-state index contributed by atoms with van der Waals surface area (Å²) in [4.78, 5) is 13.6. The highest BCUT2D eigenvalue weighted by Gasteiger charge is 2.46. The predicted octanol–water partition coefficient (Wildman–Crippen LogP) is 7.89. The third-order valence-electron chi connectivity index (χ3n) is 8.85. The second-order valence-corrected chi connectivity index (χ2v) is 11.2. The van der Waals surface area contributed by atoms with Crippen LogP contribution in [0.1, 0.15) is 75.5 Å². The molecule has 2 aromatic rings. The smallest absolute Gasteiger partial charge is 0.420 e. The van der Waals surface area contributed by atoms with Gasteiger partial charge in [-0.1, -0.05) is 6.07 Å². The van der Waals surface area contributed by atoms with E-state index in [-0.39, 0.29) is 54.1 Å². The summed E-state index contributed by atoms with van der Waals surface area (Å²) in [6.07, 6.45) is -8.12. The van der Waals surface area contributed by atoms with Gasteiger partial charge in [0.1, 0.15) is 17.1 Å². The molecule has 2 bridgehead atoms. The fourth-order valence-electron chi connectivity index (χ4n) is 6.95. The highest BCUT2D eigenvalue weighted by Crippen LogP contribution is 2.47. The molecule has 2 aliphatic heterocycles. The van der Waals surface area contributed by atoms with Gasteiger partial charge in [0.2, 0.25) is 0 Å². The van der Waals surface area contributed by atoms with Crippen LogP contribution in [0.3, 0.4) is 0 Å². The summed E-state index contributed by atoms with van der Waals surface area (Å²) >= 11 is 0. The van der Waals surface area contributed by atoms with Crippen molar-refractivity contribution in [3.63, 3.8) is 0 Å². The van der Waals surface area contributed by atoms with E-state index in [1.54, 1.807) is 6.92 Å². The molecule has 39 heavy (non-hydrogen) atoms. The number of carboxylic acid groups (broad SMARTS) is 1. The van der Waals surface area contributed by atoms with Gasteiger partial charge >= 0.3 is 18.3 Å². The maximum atomic E-state index is 15.3. The van der Waals surface area contributed by atoms with Crippen molar-refractivity contribution in [2.45, 2.75) is 94.9 Å². The van der Waals surface area contributed by atoms with E-state index in [0.29, 0.717) is 12.8 Å². The monoisotopic (exact) mass is 561 g/mol. The third-order valence-corrected chi connectivity index (χ3v) is 8.85. The second-order valence-electron chi connectivity index (χ2n) is 11.2. The fraction of sp³-hybridized carbons (Fsp3) is 0.607. The largest absolute Gasteiger partial charge is 0.490 e. The summed E-state index contributed by atoms with van der Waals surface area (Å²) in [5.41, 5.74) is -0.986. The molecule has 214 valence electrons. The van der Waals surface area contributed by atoms with Gasteiger partial charge in [0.15, 0.2) is 0 Å². The minimum atomic E-state index is -4.85. The molecule has 1 aliphatic carbocycles. The minimum absolute atomic E-state index is 0.0136. The summed E-state index contributed by atoms with van der Waals surface area (Å²) < 4.78 is 103. The molecule has 11 heteroatoms. The Morgan fingerprint density at radius 1 is 0.974 bits per heavy atom. The van der Waals surface area contributed by atoms with Crippen LogP contribution in [0.5, 0.6) is 5.75 Å². The zero-order valence-electron chi connectivity index (χ0n) is 21.3. The number of ether oxygens (including phenoxy) is 1. The Morgan fingerprint density at radius 2 is 1.59 bits per heavy atom. The van der Waals surface area contributed by atoms with Crippen LogP contribution >= 0.6 is 0 Å². The number of nitrogens with zero attached hydrogens (tertiary/aromatic N) is 1. The van der Waals surface area contributed by atoms with E-state index in [9.17, 15) is 36.2 Å². The van der Waals surface area contributed by atoms with E-state index >= 15 is 4.39 Å². The molecule has 4 nitrogen and oxygen atoms in total. The first-order chi connectivity index (χ1) is 18.2. The maximum absolute atomic E-state index is 15.3. The Kier molecular flexibility index (Phi) is 7.26. The topological polar surface area (TPSA) is 49.8 Å². The summed E-state index contributed by atoms with van der Waals surface area (Å²) in [5.74, 6) is -3.97. The summed E-state index contributed by atoms with van der Waals surface area (Å²) in [6.45, 7) is 1.73. The second kappa shape index (κ2) is 10.1. The number of rotatable bonds is 5. The van der Waals surface area contributed by atoms with Gasteiger partial charge in [-0.05, 0) is 87.3 Å². The molecule has 3 unspecified atom stereocenters. The zero-order valence-corrected chi connectivity index (χ0v) is 21.3. The third kappa shape index (κ3) is 5.43. The van der Waals surface area contributed by atoms with Gasteiger partial charge in [0, 0.05) is 23.7 Å². The molecule has 2 saturated heterocycles. The van der Waals surface area contributed by atoms with Crippen LogP contribution < -0.4 is 4.74 Å². The minimum Gasteiger partial charge on any atom is -0.490 e. The molecule has 5 rings (SSSR count). The van der Waals surface area contributed by atoms with Crippen molar-refractivity contribution >= 4 is 16.7 Å². The number of benzene rings is 2. The normalized spacial score (nSPS) is 29.0. The molecular formula is C28H30F7NO3. The Morgan fingerprint density at radius 3 is 2.13 bits per heavy atom. The fourth-order valence-corrected chi connectivity index (χ4v) is 6.95. The van der Waals surface area contributed by atoms with Gasteiger partial charge in [-0.15, -0.1) is 0 Å². The Bertz CT molecular complexity index is 1220. The first-order valence-electron chi connectivity index (χ1n) is 13.3. The van der Waals surface area contributed by atoms with Gasteiger partial charge in [-0.25, -0.2) is 4.39 Å². The molecule has 0 spiro atoms. The Labute approximate surface area is 221 Å². The number of carbonyl (C=O) groups is 1. The SMILES string of the molecule is CC(c1cc2c(C(F)(F)F)c(O[C@H]3CC[C@@H](C(F)(F)F)CC3)ccc2cc1F)N1C2CCC1CC(C(=O)O)C2. The Balaban J connectivity index is 1.46. The maximum Gasteiger partial charge on any atom is 0.420 e. The summed E-state index contributed by atoms with van der Waals surface area (Å²) in [7, 11) is 0. The molecule has 2 heterocycles. The molecule has 2 aromatic carbocycles. The first-order valence-corrected chi connectivity index (χ1v) is 13.3. The number of piperidine rings is 1. The van der Waals surface area contributed by atoms with Crippen molar-refractivity contribution in [2.75, 3.05) is 0 Å².